The van der Waals surface area contributed by atoms with Gasteiger partial charge in [0.25, 0.3) is 5.91 Å². The zero-order chi connectivity index (χ0) is 15.5. The molecule has 0 aromatic heterocycles. The van der Waals surface area contributed by atoms with Gasteiger partial charge in [-0.05, 0) is 42.9 Å². The van der Waals surface area contributed by atoms with Gasteiger partial charge in [0.15, 0.2) is 6.61 Å². The molecule has 1 aromatic rings. The van der Waals surface area contributed by atoms with Crippen molar-refractivity contribution in [2.24, 2.45) is 11.8 Å². The third kappa shape index (κ3) is 3.24. The number of hydrogen-bond acceptors (Lipinski definition) is 3. The monoisotopic (exact) mass is 303 g/mol. The fourth-order valence-electron chi connectivity index (χ4n) is 3.62. The number of benzene rings is 1. The van der Waals surface area contributed by atoms with Gasteiger partial charge in [0.05, 0.1) is 0 Å². The number of fused-ring (bicyclic) bond motifs is 1. The molecule has 1 saturated carbocycles. The first-order valence-corrected chi connectivity index (χ1v) is 7.87. The second-order valence-corrected chi connectivity index (χ2v) is 6.22. The van der Waals surface area contributed by atoms with Crippen LogP contribution in [0.1, 0.15) is 36.0 Å². The Morgan fingerprint density at radius 1 is 1.18 bits per heavy atom. The van der Waals surface area contributed by atoms with Crippen LogP contribution in [0.5, 0.6) is 5.75 Å². The molecule has 1 amide bonds. The summed E-state index contributed by atoms with van der Waals surface area (Å²) in [4.78, 5) is 25.1. The molecule has 5 heteroatoms. The molecule has 2 unspecified atom stereocenters. The number of carboxylic acid groups (broad SMARTS) is 1. The molecule has 2 fully saturated rings. The van der Waals surface area contributed by atoms with E-state index >= 15 is 0 Å². The maximum Gasteiger partial charge on any atom is 0.341 e. The van der Waals surface area contributed by atoms with Crippen molar-refractivity contribution in [1.29, 1.82) is 0 Å². The van der Waals surface area contributed by atoms with Crippen LogP contribution in [0.3, 0.4) is 0 Å². The van der Waals surface area contributed by atoms with E-state index in [9.17, 15) is 9.59 Å². The summed E-state index contributed by atoms with van der Waals surface area (Å²) in [5, 5.41) is 8.64. The summed E-state index contributed by atoms with van der Waals surface area (Å²) in [7, 11) is 0. The molecular weight excluding hydrogens is 282 g/mol. The smallest absolute Gasteiger partial charge is 0.341 e. The van der Waals surface area contributed by atoms with Gasteiger partial charge < -0.3 is 14.7 Å². The second-order valence-electron chi connectivity index (χ2n) is 6.22. The van der Waals surface area contributed by atoms with Crippen molar-refractivity contribution < 1.29 is 19.4 Å². The topological polar surface area (TPSA) is 66.8 Å². The quantitative estimate of drug-likeness (QED) is 0.927. The van der Waals surface area contributed by atoms with Gasteiger partial charge in [-0.15, -0.1) is 0 Å². The van der Waals surface area contributed by atoms with E-state index in [1.165, 1.54) is 25.7 Å². The number of ether oxygens (including phenoxy) is 1. The molecule has 0 bridgehead atoms. The summed E-state index contributed by atoms with van der Waals surface area (Å²) in [5.74, 6) is 0.730. The number of rotatable bonds is 4. The average molecular weight is 303 g/mol. The van der Waals surface area contributed by atoms with Crippen molar-refractivity contribution in [3.63, 3.8) is 0 Å². The Bertz CT molecular complexity index is 558. The van der Waals surface area contributed by atoms with Gasteiger partial charge in [-0.3, -0.25) is 4.79 Å². The number of carbonyl (C=O) groups excluding carboxylic acids is 1. The minimum Gasteiger partial charge on any atom is -0.482 e. The van der Waals surface area contributed by atoms with Gasteiger partial charge in [-0.2, -0.15) is 0 Å². The van der Waals surface area contributed by atoms with Crippen LogP contribution in [0.2, 0.25) is 0 Å². The molecule has 0 radical (unpaired) electrons. The third-order valence-corrected chi connectivity index (χ3v) is 4.71. The van der Waals surface area contributed by atoms with E-state index in [4.69, 9.17) is 9.84 Å². The minimum atomic E-state index is -1.03. The van der Waals surface area contributed by atoms with Crippen molar-refractivity contribution in [2.45, 2.75) is 25.7 Å². The lowest BCUT2D eigenvalue weighted by molar-refractivity contribution is -0.139. The zero-order valence-electron chi connectivity index (χ0n) is 12.5. The predicted molar refractivity (Wildman–Crippen MR) is 80.9 cm³/mol. The summed E-state index contributed by atoms with van der Waals surface area (Å²) >= 11 is 0. The van der Waals surface area contributed by atoms with Crippen molar-refractivity contribution >= 4 is 11.9 Å². The van der Waals surface area contributed by atoms with E-state index in [0.717, 1.165) is 13.1 Å². The molecule has 1 saturated heterocycles. The molecule has 1 aromatic carbocycles. The molecule has 1 heterocycles. The molecule has 22 heavy (non-hydrogen) atoms. The molecular formula is C17H21NO4. The van der Waals surface area contributed by atoms with Crippen LogP contribution in [0.25, 0.3) is 0 Å². The van der Waals surface area contributed by atoms with Gasteiger partial charge in [0.2, 0.25) is 0 Å². The fraction of sp³-hybridized carbons (Fsp3) is 0.529. The molecule has 5 nitrogen and oxygen atoms in total. The summed E-state index contributed by atoms with van der Waals surface area (Å²) in [5.41, 5.74) is 0.571. The molecule has 2 aliphatic rings. The van der Waals surface area contributed by atoms with Crippen LogP contribution < -0.4 is 4.74 Å². The highest BCUT2D eigenvalue weighted by Gasteiger charge is 2.36. The van der Waals surface area contributed by atoms with Crippen molar-refractivity contribution in [3.05, 3.63) is 29.8 Å². The van der Waals surface area contributed by atoms with Gasteiger partial charge in [0.1, 0.15) is 5.75 Å². The number of hydrogen-bond donors (Lipinski definition) is 1. The van der Waals surface area contributed by atoms with Crippen LogP contribution in [0, 0.1) is 11.8 Å². The molecule has 1 N–H and O–H groups in total. The Balaban J connectivity index is 1.67. The minimum absolute atomic E-state index is 0.0233. The standard InChI is InChI=1S/C17H21NO4/c19-16(20)11-22-15-7-3-6-12(8-15)17(21)18-9-13-4-1-2-5-14(13)10-18/h3,6-8,13-14H,1-2,4-5,9-11H2,(H,19,20). The summed E-state index contributed by atoms with van der Waals surface area (Å²) in [6, 6.07) is 6.79. The lowest BCUT2D eigenvalue weighted by atomic mass is 9.82. The number of carboxylic acids is 1. The predicted octanol–water partition coefficient (Wildman–Crippen LogP) is 2.41. The first-order valence-electron chi connectivity index (χ1n) is 7.87. The first-order chi connectivity index (χ1) is 10.6. The van der Waals surface area contributed by atoms with Crippen molar-refractivity contribution in [3.8, 4) is 5.75 Å². The highest BCUT2D eigenvalue weighted by molar-refractivity contribution is 5.94. The average Bonchev–Trinajstić information content (AvgIpc) is 2.96. The largest absolute Gasteiger partial charge is 0.482 e. The highest BCUT2D eigenvalue weighted by atomic mass is 16.5. The Kier molecular flexibility index (Phi) is 4.32. The second kappa shape index (κ2) is 6.38. The highest BCUT2D eigenvalue weighted by Crippen LogP contribution is 2.36. The summed E-state index contributed by atoms with van der Waals surface area (Å²) in [6.45, 7) is 1.30. The van der Waals surface area contributed by atoms with E-state index < -0.39 is 12.6 Å². The Morgan fingerprint density at radius 3 is 2.50 bits per heavy atom. The van der Waals surface area contributed by atoms with Crippen LogP contribution in [-0.4, -0.2) is 41.6 Å². The molecule has 118 valence electrons. The first kappa shape index (κ1) is 14.9. The third-order valence-electron chi connectivity index (χ3n) is 4.71. The molecule has 1 aliphatic heterocycles. The van der Waals surface area contributed by atoms with Gasteiger partial charge >= 0.3 is 5.97 Å². The van der Waals surface area contributed by atoms with Gasteiger partial charge in [-0.1, -0.05) is 18.9 Å². The number of carbonyl (C=O) groups is 2. The maximum atomic E-state index is 12.6. The van der Waals surface area contributed by atoms with E-state index in [-0.39, 0.29) is 5.91 Å². The SMILES string of the molecule is O=C(O)COc1cccc(C(=O)N2CC3CCCCC3C2)c1. The van der Waals surface area contributed by atoms with Gasteiger partial charge in [0, 0.05) is 18.7 Å². The Morgan fingerprint density at radius 2 is 1.86 bits per heavy atom. The van der Waals surface area contributed by atoms with Gasteiger partial charge in [-0.25, -0.2) is 4.79 Å². The van der Waals surface area contributed by atoms with E-state index in [1.807, 2.05) is 4.90 Å². The van der Waals surface area contributed by atoms with Crippen LogP contribution >= 0.6 is 0 Å². The normalized spacial score (nSPS) is 23.9. The van der Waals surface area contributed by atoms with E-state index in [2.05, 4.69) is 0 Å². The Labute approximate surface area is 129 Å². The molecule has 2 atom stereocenters. The lowest BCUT2D eigenvalue weighted by Crippen LogP contribution is -2.29. The number of amides is 1. The molecule has 1 aliphatic carbocycles. The molecule has 0 spiro atoms. The zero-order valence-corrected chi connectivity index (χ0v) is 12.5. The maximum absolute atomic E-state index is 12.6. The number of aliphatic carboxylic acids is 1. The van der Waals surface area contributed by atoms with Crippen LogP contribution in [-0.2, 0) is 4.79 Å². The number of likely N-dealkylation sites (tertiary alicyclic amines) is 1. The van der Waals surface area contributed by atoms with Crippen molar-refractivity contribution in [1.82, 2.24) is 4.90 Å². The number of nitrogens with zero attached hydrogens (tertiary/aromatic N) is 1. The lowest BCUT2D eigenvalue weighted by Gasteiger charge is -2.22. The molecule has 3 rings (SSSR count). The van der Waals surface area contributed by atoms with Crippen molar-refractivity contribution in [2.75, 3.05) is 19.7 Å². The van der Waals surface area contributed by atoms with E-state index in [0.29, 0.717) is 23.1 Å². The van der Waals surface area contributed by atoms with E-state index in [1.54, 1.807) is 24.3 Å². The summed E-state index contributed by atoms with van der Waals surface area (Å²) in [6.07, 6.45) is 5.02. The Hall–Kier alpha value is -2.04. The summed E-state index contributed by atoms with van der Waals surface area (Å²) < 4.78 is 5.15. The fourth-order valence-corrected chi connectivity index (χ4v) is 3.62. The van der Waals surface area contributed by atoms with Crippen LogP contribution in [0.4, 0.5) is 0 Å². The van der Waals surface area contributed by atoms with Crippen LogP contribution in [0.15, 0.2) is 24.3 Å².